The molecular weight excluding hydrogens is 421 g/mol. The number of aliphatic hydroxyl groups is 1. The molecule has 33 heavy (non-hydrogen) atoms. The number of hydrogen-bond acceptors (Lipinski definition) is 4. The standard InChI is InChI=1S/C27H22FNO4/c1-16-6-2-3-10-21(16)24-23(25(30)18-11-12-22-17(14-18)7-5-13-33-22)26(31)27(32)29(24)20-9-4-8-19(28)15-20/h2-4,6,8-12,14-15,24,30H,5,7,13H2,1H3/b25-23+. The van der Waals surface area contributed by atoms with E-state index in [1.165, 1.54) is 23.1 Å². The normalized spacial score (nSPS) is 19.3. The van der Waals surface area contributed by atoms with Crippen molar-refractivity contribution < 1.29 is 23.8 Å². The number of rotatable bonds is 3. The highest BCUT2D eigenvalue weighted by molar-refractivity contribution is 6.51. The van der Waals surface area contributed by atoms with Gasteiger partial charge in [-0.05, 0) is 72.9 Å². The minimum atomic E-state index is -0.889. The number of aliphatic hydroxyl groups excluding tert-OH is 1. The second-order valence-corrected chi connectivity index (χ2v) is 8.28. The first-order chi connectivity index (χ1) is 16.0. The molecule has 0 saturated carbocycles. The molecule has 1 fully saturated rings. The summed E-state index contributed by atoms with van der Waals surface area (Å²) in [6, 6.07) is 17.3. The Morgan fingerprint density at radius 2 is 1.88 bits per heavy atom. The first-order valence-electron chi connectivity index (χ1n) is 10.8. The van der Waals surface area contributed by atoms with Gasteiger partial charge in [0.25, 0.3) is 11.7 Å². The molecule has 0 spiro atoms. The first kappa shape index (κ1) is 20.9. The van der Waals surface area contributed by atoms with E-state index in [1.54, 1.807) is 24.3 Å². The first-order valence-corrected chi connectivity index (χ1v) is 10.8. The number of halogens is 1. The van der Waals surface area contributed by atoms with E-state index < -0.39 is 23.5 Å². The Morgan fingerprint density at radius 1 is 1.06 bits per heavy atom. The molecule has 5 nitrogen and oxygen atoms in total. The lowest BCUT2D eigenvalue weighted by atomic mass is 9.91. The van der Waals surface area contributed by atoms with Gasteiger partial charge in [-0.25, -0.2) is 4.39 Å². The van der Waals surface area contributed by atoms with Gasteiger partial charge >= 0.3 is 0 Å². The zero-order valence-corrected chi connectivity index (χ0v) is 18.0. The van der Waals surface area contributed by atoms with E-state index in [4.69, 9.17) is 4.74 Å². The van der Waals surface area contributed by atoms with Gasteiger partial charge in [0.1, 0.15) is 17.3 Å². The molecule has 1 saturated heterocycles. The fourth-order valence-corrected chi connectivity index (χ4v) is 4.58. The maximum absolute atomic E-state index is 14.0. The minimum absolute atomic E-state index is 0.0183. The van der Waals surface area contributed by atoms with Gasteiger partial charge in [0.05, 0.1) is 18.2 Å². The van der Waals surface area contributed by atoms with Crippen LogP contribution in [0.2, 0.25) is 0 Å². The summed E-state index contributed by atoms with van der Waals surface area (Å²) < 4.78 is 19.7. The van der Waals surface area contributed by atoms with Crippen LogP contribution >= 0.6 is 0 Å². The van der Waals surface area contributed by atoms with E-state index in [-0.39, 0.29) is 17.0 Å². The maximum Gasteiger partial charge on any atom is 0.300 e. The molecule has 2 heterocycles. The smallest absolute Gasteiger partial charge is 0.300 e. The van der Waals surface area contributed by atoms with Gasteiger partial charge in [0.15, 0.2) is 0 Å². The molecule has 1 amide bonds. The molecule has 1 unspecified atom stereocenters. The molecule has 6 heteroatoms. The lowest BCUT2D eigenvalue weighted by molar-refractivity contribution is -0.132. The van der Waals surface area contributed by atoms with Crippen molar-refractivity contribution in [1.29, 1.82) is 0 Å². The van der Waals surface area contributed by atoms with Gasteiger partial charge in [0.2, 0.25) is 0 Å². The Hall–Kier alpha value is -3.93. The average Bonchev–Trinajstić information content (AvgIpc) is 3.09. The number of anilines is 1. The average molecular weight is 443 g/mol. The third-order valence-corrected chi connectivity index (χ3v) is 6.20. The number of nitrogens with zero attached hydrogens (tertiary/aromatic N) is 1. The van der Waals surface area contributed by atoms with Crippen LogP contribution in [-0.4, -0.2) is 23.4 Å². The zero-order chi connectivity index (χ0) is 23.1. The molecule has 0 radical (unpaired) electrons. The number of ether oxygens (including phenoxy) is 1. The van der Waals surface area contributed by atoms with Crippen LogP contribution in [0, 0.1) is 12.7 Å². The van der Waals surface area contributed by atoms with Crippen LogP contribution in [0.3, 0.4) is 0 Å². The van der Waals surface area contributed by atoms with Crippen molar-refractivity contribution in [3.8, 4) is 5.75 Å². The lowest BCUT2D eigenvalue weighted by Crippen LogP contribution is -2.29. The summed E-state index contributed by atoms with van der Waals surface area (Å²) >= 11 is 0. The Balaban J connectivity index is 1.72. The number of ketones is 1. The second-order valence-electron chi connectivity index (χ2n) is 8.28. The van der Waals surface area contributed by atoms with Gasteiger partial charge in [-0.3, -0.25) is 14.5 Å². The predicted molar refractivity (Wildman–Crippen MR) is 123 cm³/mol. The maximum atomic E-state index is 14.0. The lowest BCUT2D eigenvalue weighted by Gasteiger charge is -2.26. The largest absolute Gasteiger partial charge is 0.507 e. The molecule has 1 atom stereocenters. The molecule has 1 N–H and O–H groups in total. The van der Waals surface area contributed by atoms with Gasteiger partial charge < -0.3 is 9.84 Å². The van der Waals surface area contributed by atoms with Crippen molar-refractivity contribution in [3.63, 3.8) is 0 Å². The van der Waals surface area contributed by atoms with E-state index in [9.17, 15) is 19.1 Å². The summed E-state index contributed by atoms with van der Waals surface area (Å²) in [5, 5.41) is 11.3. The molecule has 5 rings (SSSR count). The molecule has 3 aromatic rings. The van der Waals surface area contributed by atoms with Crippen molar-refractivity contribution in [2.75, 3.05) is 11.5 Å². The number of Topliss-reactive ketones (excluding diaryl/α,β-unsaturated/α-hetero) is 1. The van der Waals surface area contributed by atoms with E-state index in [1.807, 2.05) is 31.2 Å². The Morgan fingerprint density at radius 3 is 2.67 bits per heavy atom. The summed E-state index contributed by atoms with van der Waals surface area (Å²) in [4.78, 5) is 27.7. The fraction of sp³-hybridized carbons (Fsp3) is 0.185. The van der Waals surface area contributed by atoms with E-state index in [0.717, 1.165) is 29.7 Å². The Kier molecular flexibility index (Phi) is 5.21. The fourth-order valence-electron chi connectivity index (χ4n) is 4.58. The Labute approximate surface area is 190 Å². The number of amides is 1. The highest BCUT2D eigenvalue weighted by Crippen LogP contribution is 2.43. The number of aryl methyl sites for hydroxylation is 2. The molecule has 2 aliphatic heterocycles. The molecule has 0 aromatic heterocycles. The van der Waals surface area contributed by atoms with Gasteiger partial charge in [-0.1, -0.05) is 30.3 Å². The SMILES string of the molecule is Cc1ccccc1C1/C(=C(\O)c2ccc3c(c2)CCCO3)C(=O)C(=O)N1c1cccc(F)c1. The predicted octanol–water partition coefficient (Wildman–Crippen LogP) is 5.09. The number of fused-ring (bicyclic) bond motifs is 1. The van der Waals surface area contributed by atoms with Crippen LogP contribution in [-0.2, 0) is 16.0 Å². The third-order valence-electron chi connectivity index (χ3n) is 6.20. The quantitative estimate of drug-likeness (QED) is 0.348. The Bertz CT molecular complexity index is 1310. The van der Waals surface area contributed by atoms with Crippen molar-refractivity contribution in [2.45, 2.75) is 25.8 Å². The number of carbonyl (C=O) groups excluding carboxylic acids is 2. The minimum Gasteiger partial charge on any atom is -0.507 e. The summed E-state index contributed by atoms with van der Waals surface area (Å²) in [6.45, 7) is 2.52. The summed E-state index contributed by atoms with van der Waals surface area (Å²) in [5.41, 5.74) is 3.14. The van der Waals surface area contributed by atoms with Crippen LogP contribution in [0.1, 0.15) is 34.7 Å². The van der Waals surface area contributed by atoms with Gasteiger partial charge in [0, 0.05) is 11.3 Å². The molecule has 166 valence electrons. The van der Waals surface area contributed by atoms with Crippen LogP contribution < -0.4 is 9.64 Å². The van der Waals surface area contributed by atoms with Crippen LogP contribution in [0.15, 0.2) is 72.3 Å². The highest BCUT2D eigenvalue weighted by atomic mass is 19.1. The van der Waals surface area contributed by atoms with Crippen molar-refractivity contribution in [3.05, 3.63) is 100 Å². The van der Waals surface area contributed by atoms with Crippen LogP contribution in [0.4, 0.5) is 10.1 Å². The third kappa shape index (κ3) is 3.57. The van der Waals surface area contributed by atoms with E-state index in [2.05, 4.69) is 0 Å². The van der Waals surface area contributed by atoms with Crippen LogP contribution in [0.5, 0.6) is 5.75 Å². The molecular formula is C27H22FNO4. The second kappa shape index (κ2) is 8.20. The van der Waals surface area contributed by atoms with E-state index >= 15 is 0 Å². The zero-order valence-electron chi connectivity index (χ0n) is 18.0. The molecule has 3 aromatic carbocycles. The monoisotopic (exact) mass is 443 g/mol. The number of hydrogen-bond donors (Lipinski definition) is 1. The number of carbonyl (C=O) groups is 2. The summed E-state index contributed by atoms with van der Waals surface area (Å²) in [7, 11) is 0. The molecule has 2 aliphatic rings. The van der Waals surface area contributed by atoms with Crippen molar-refractivity contribution >= 4 is 23.1 Å². The van der Waals surface area contributed by atoms with Crippen LogP contribution in [0.25, 0.3) is 5.76 Å². The number of benzene rings is 3. The topological polar surface area (TPSA) is 66.8 Å². The van der Waals surface area contributed by atoms with Gasteiger partial charge in [-0.2, -0.15) is 0 Å². The van der Waals surface area contributed by atoms with Gasteiger partial charge in [-0.15, -0.1) is 0 Å². The van der Waals surface area contributed by atoms with Crippen molar-refractivity contribution in [1.82, 2.24) is 0 Å². The van der Waals surface area contributed by atoms with Crippen molar-refractivity contribution in [2.24, 2.45) is 0 Å². The molecule has 0 bridgehead atoms. The molecule has 0 aliphatic carbocycles. The highest BCUT2D eigenvalue weighted by Gasteiger charge is 2.47. The summed E-state index contributed by atoms with van der Waals surface area (Å²) in [5.74, 6) is -1.63. The van der Waals surface area contributed by atoms with E-state index in [0.29, 0.717) is 17.7 Å². The summed E-state index contributed by atoms with van der Waals surface area (Å²) in [6.07, 6.45) is 1.67.